The maximum atomic E-state index is 5.09. The maximum absolute atomic E-state index is 5.09. The van der Waals surface area contributed by atoms with E-state index in [0.717, 1.165) is 19.2 Å². The minimum atomic E-state index is 0.691. The Morgan fingerprint density at radius 1 is 1.50 bits per heavy atom. The monoisotopic (exact) mass is 200 g/mol. The third-order valence-electron chi connectivity index (χ3n) is 3.20. The van der Waals surface area contributed by atoms with Crippen molar-refractivity contribution in [2.24, 2.45) is 0 Å². The van der Waals surface area contributed by atoms with Gasteiger partial charge in [-0.25, -0.2) is 0 Å². The summed E-state index contributed by atoms with van der Waals surface area (Å²) in [5, 5.41) is 0. The summed E-state index contributed by atoms with van der Waals surface area (Å²) in [5.74, 6) is 0. The molecule has 3 nitrogen and oxygen atoms in total. The van der Waals surface area contributed by atoms with Crippen molar-refractivity contribution in [3.8, 4) is 0 Å². The van der Waals surface area contributed by atoms with Crippen LogP contribution in [0.4, 0.5) is 0 Å². The summed E-state index contributed by atoms with van der Waals surface area (Å²) in [6, 6.07) is 1.42. The van der Waals surface area contributed by atoms with Crippen LogP contribution in [0.2, 0.25) is 0 Å². The van der Waals surface area contributed by atoms with E-state index in [1.54, 1.807) is 7.11 Å². The number of hydrogen-bond acceptors (Lipinski definition) is 3. The first-order chi connectivity index (χ1) is 6.65. The normalized spacial score (nSPS) is 24.0. The zero-order chi connectivity index (χ0) is 10.6. The van der Waals surface area contributed by atoms with Gasteiger partial charge in [0.25, 0.3) is 0 Å². The highest BCUT2D eigenvalue weighted by Crippen LogP contribution is 2.16. The minimum absolute atomic E-state index is 0.691. The molecule has 3 heteroatoms. The van der Waals surface area contributed by atoms with Gasteiger partial charge in [-0.2, -0.15) is 0 Å². The molecule has 0 spiro atoms. The fourth-order valence-corrected chi connectivity index (χ4v) is 2.01. The van der Waals surface area contributed by atoms with E-state index in [1.807, 2.05) is 0 Å². The molecule has 0 aromatic heterocycles. The van der Waals surface area contributed by atoms with Crippen molar-refractivity contribution in [2.45, 2.75) is 32.4 Å². The molecule has 14 heavy (non-hydrogen) atoms. The average molecular weight is 200 g/mol. The van der Waals surface area contributed by atoms with Crippen LogP contribution in [-0.4, -0.2) is 62.3 Å². The van der Waals surface area contributed by atoms with E-state index in [0.29, 0.717) is 6.04 Å². The van der Waals surface area contributed by atoms with Crippen LogP contribution in [0, 0.1) is 0 Å². The van der Waals surface area contributed by atoms with Gasteiger partial charge < -0.3 is 4.74 Å². The summed E-state index contributed by atoms with van der Waals surface area (Å²) < 4.78 is 5.09. The van der Waals surface area contributed by atoms with E-state index in [1.165, 1.54) is 19.5 Å². The van der Waals surface area contributed by atoms with Crippen LogP contribution in [0.25, 0.3) is 0 Å². The van der Waals surface area contributed by atoms with E-state index in [-0.39, 0.29) is 0 Å². The summed E-state index contributed by atoms with van der Waals surface area (Å²) in [7, 11) is 3.97. The number of hydrogen-bond donors (Lipinski definition) is 0. The molecule has 0 aromatic carbocycles. The predicted molar refractivity (Wildman–Crippen MR) is 59.6 cm³/mol. The first-order valence-corrected chi connectivity index (χ1v) is 5.58. The van der Waals surface area contributed by atoms with Gasteiger partial charge in [-0.05, 0) is 27.3 Å². The summed E-state index contributed by atoms with van der Waals surface area (Å²) in [4.78, 5) is 4.97. The lowest BCUT2D eigenvalue weighted by molar-refractivity contribution is 0.137. The molecule has 1 saturated heterocycles. The zero-order valence-corrected chi connectivity index (χ0v) is 9.99. The fourth-order valence-electron chi connectivity index (χ4n) is 2.01. The summed E-state index contributed by atoms with van der Waals surface area (Å²) in [5.41, 5.74) is 0. The Hall–Kier alpha value is -0.120. The smallest absolute Gasteiger partial charge is 0.0589 e. The summed E-state index contributed by atoms with van der Waals surface area (Å²) in [6.45, 7) is 8.91. The van der Waals surface area contributed by atoms with Gasteiger partial charge in [0.2, 0.25) is 0 Å². The quantitative estimate of drug-likeness (QED) is 0.659. The lowest BCUT2D eigenvalue weighted by Crippen LogP contribution is -2.38. The molecule has 0 N–H and O–H groups in total. The third kappa shape index (κ3) is 3.23. The number of likely N-dealkylation sites (tertiary alicyclic amines) is 1. The Kier molecular flexibility index (Phi) is 4.85. The number of methoxy groups -OCH3 is 1. The Morgan fingerprint density at radius 2 is 2.21 bits per heavy atom. The van der Waals surface area contributed by atoms with Gasteiger partial charge in [0.15, 0.2) is 0 Å². The zero-order valence-electron chi connectivity index (χ0n) is 9.99. The van der Waals surface area contributed by atoms with Gasteiger partial charge in [0, 0.05) is 38.8 Å². The molecule has 0 bridgehead atoms. The second-order valence-electron chi connectivity index (χ2n) is 4.50. The molecule has 1 atom stereocenters. The highest BCUT2D eigenvalue weighted by atomic mass is 16.5. The minimum Gasteiger partial charge on any atom is -0.383 e. The second kappa shape index (κ2) is 5.69. The summed E-state index contributed by atoms with van der Waals surface area (Å²) in [6.07, 6.45) is 1.30. The van der Waals surface area contributed by atoms with E-state index < -0.39 is 0 Å². The van der Waals surface area contributed by atoms with Crippen molar-refractivity contribution in [2.75, 3.05) is 40.4 Å². The van der Waals surface area contributed by atoms with Crippen LogP contribution in [0.5, 0.6) is 0 Å². The molecule has 0 aromatic rings. The van der Waals surface area contributed by atoms with Crippen LogP contribution in [0.1, 0.15) is 20.3 Å². The van der Waals surface area contributed by atoms with Crippen molar-refractivity contribution in [1.29, 1.82) is 0 Å². The molecule has 0 aliphatic carbocycles. The second-order valence-corrected chi connectivity index (χ2v) is 4.50. The molecular weight excluding hydrogens is 176 g/mol. The molecule has 1 rings (SSSR count). The van der Waals surface area contributed by atoms with E-state index in [2.05, 4.69) is 30.7 Å². The van der Waals surface area contributed by atoms with Crippen LogP contribution in [0.15, 0.2) is 0 Å². The SMILES string of the molecule is COCCN(C)C1CCN(C(C)C)C1. The van der Waals surface area contributed by atoms with Gasteiger partial charge in [-0.15, -0.1) is 0 Å². The van der Waals surface area contributed by atoms with E-state index in [4.69, 9.17) is 4.74 Å². The molecule has 1 fully saturated rings. The first-order valence-electron chi connectivity index (χ1n) is 5.58. The fraction of sp³-hybridized carbons (Fsp3) is 1.00. The molecule has 1 heterocycles. The van der Waals surface area contributed by atoms with Gasteiger partial charge in [0.1, 0.15) is 0 Å². The summed E-state index contributed by atoms with van der Waals surface area (Å²) >= 11 is 0. The van der Waals surface area contributed by atoms with Gasteiger partial charge in [0.05, 0.1) is 6.61 Å². The van der Waals surface area contributed by atoms with Crippen molar-refractivity contribution in [3.05, 3.63) is 0 Å². The van der Waals surface area contributed by atoms with Crippen LogP contribution in [-0.2, 0) is 4.74 Å². The van der Waals surface area contributed by atoms with Gasteiger partial charge in [-0.3, -0.25) is 9.80 Å². The Balaban J connectivity index is 2.26. The Labute approximate surface area is 88.0 Å². The average Bonchev–Trinajstić information content (AvgIpc) is 2.62. The van der Waals surface area contributed by atoms with Crippen LogP contribution >= 0.6 is 0 Å². The van der Waals surface area contributed by atoms with Crippen molar-refractivity contribution >= 4 is 0 Å². The first kappa shape index (κ1) is 12.0. The Morgan fingerprint density at radius 3 is 2.71 bits per heavy atom. The number of ether oxygens (including phenoxy) is 1. The topological polar surface area (TPSA) is 15.7 Å². The third-order valence-corrected chi connectivity index (χ3v) is 3.20. The Bertz CT molecular complexity index is 161. The van der Waals surface area contributed by atoms with Crippen LogP contribution < -0.4 is 0 Å². The standard InChI is InChI=1S/C11H24N2O/c1-10(2)13-6-5-11(9-13)12(3)7-8-14-4/h10-11H,5-9H2,1-4H3. The van der Waals surface area contributed by atoms with Crippen molar-refractivity contribution in [1.82, 2.24) is 9.80 Å². The number of rotatable bonds is 5. The molecule has 0 saturated carbocycles. The van der Waals surface area contributed by atoms with E-state index in [9.17, 15) is 0 Å². The largest absolute Gasteiger partial charge is 0.383 e. The molecule has 1 unspecified atom stereocenters. The molecule has 0 amide bonds. The lowest BCUT2D eigenvalue weighted by Gasteiger charge is -2.25. The highest BCUT2D eigenvalue weighted by molar-refractivity contribution is 4.83. The van der Waals surface area contributed by atoms with Crippen molar-refractivity contribution < 1.29 is 4.74 Å². The molecule has 84 valence electrons. The molecule has 0 radical (unpaired) electrons. The maximum Gasteiger partial charge on any atom is 0.0589 e. The lowest BCUT2D eigenvalue weighted by atomic mass is 10.2. The molecular formula is C11H24N2O. The van der Waals surface area contributed by atoms with Gasteiger partial charge in [-0.1, -0.05) is 0 Å². The van der Waals surface area contributed by atoms with E-state index >= 15 is 0 Å². The number of nitrogens with zero attached hydrogens (tertiary/aromatic N) is 2. The van der Waals surface area contributed by atoms with Crippen LogP contribution in [0.3, 0.4) is 0 Å². The molecule has 1 aliphatic rings. The van der Waals surface area contributed by atoms with Gasteiger partial charge >= 0.3 is 0 Å². The number of likely N-dealkylation sites (N-methyl/N-ethyl adjacent to an activating group) is 1. The highest BCUT2D eigenvalue weighted by Gasteiger charge is 2.26. The van der Waals surface area contributed by atoms with Crippen molar-refractivity contribution in [3.63, 3.8) is 0 Å². The predicted octanol–water partition coefficient (Wildman–Crippen LogP) is 1.05. The molecule has 1 aliphatic heterocycles.